The van der Waals surface area contributed by atoms with Crippen molar-refractivity contribution in [1.29, 1.82) is 0 Å². The van der Waals surface area contributed by atoms with E-state index in [0.29, 0.717) is 52.0 Å². The van der Waals surface area contributed by atoms with E-state index in [1.54, 1.807) is 0 Å². The van der Waals surface area contributed by atoms with Gasteiger partial charge in [-0.2, -0.15) is 0 Å². The molecule has 638 valence electrons. The number of rotatable bonds is 87. The average Bonchev–Trinajstić information content (AvgIpc) is 0.967. The molecule has 0 radical (unpaired) electrons. The second-order valence-corrected chi connectivity index (χ2v) is 33.1. The molecule has 0 aliphatic carbocycles. The second-order valence-electron chi connectivity index (χ2n) is 33.1. The smallest absolute Gasteiger partial charge is 0.306 e. The molecule has 0 aliphatic rings. The zero-order valence-corrected chi connectivity index (χ0v) is 73.0. The maximum absolute atomic E-state index is 13.5. The summed E-state index contributed by atoms with van der Waals surface area (Å²) >= 11 is 0. The van der Waals surface area contributed by atoms with Gasteiger partial charge in [0.15, 0.2) is 0 Å². The number of hydrogen-bond acceptors (Lipinski definition) is 12. The van der Waals surface area contributed by atoms with Gasteiger partial charge in [-0.05, 0) is 156 Å². The molecular weight excluding hydrogens is 1350 g/mol. The van der Waals surface area contributed by atoms with Crippen LogP contribution in [0.25, 0.3) is 0 Å². The van der Waals surface area contributed by atoms with Crippen molar-refractivity contribution in [1.82, 2.24) is 20.4 Å². The highest BCUT2D eigenvalue weighted by Crippen LogP contribution is 2.23. The first kappa shape index (κ1) is 105. The van der Waals surface area contributed by atoms with E-state index in [2.05, 4.69) is 75.8 Å². The molecule has 14 nitrogen and oxygen atoms in total. The first-order valence-electron chi connectivity index (χ1n) is 47.5. The fourth-order valence-electron chi connectivity index (χ4n) is 15.0. The highest BCUT2D eigenvalue weighted by molar-refractivity contribution is 5.83. The molecule has 0 heterocycles. The molecule has 0 saturated heterocycles. The van der Waals surface area contributed by atoms with Gasteiger partial charge in [0.05, 0.1) is 13.2 Å². The third-order valence-corrected chi connectivity index (χ3v) is 22.5. The van der Waals surface area contributed by atoms with Crippen molar-refractivity contribution < 1.29 is 47.7 Å². The number of hydrogen-bond donors (Lipinski definition) is 2. The van der Waals surface area contributed by atoms with E-state index in [1.807, 2.05) is 0 Å². The van der Waals surface area contributed by atoms with Crippen LogP contribution in [0, 0.1) is 0 Å². The van der Waals surface area contributed by atoms with Crippen LogP contribution in [0.2, 0.25) is 0 Å². The van der Waals surface area contributed by atoms with Gasteiger partial charge in [-0.15, -0.1) is 0 Å². The molecule has 0 bridgehead atoms. The van der Waals surface area contributed by atoms with Gasteiger partial charge in [0.25, 0.3) is 0 Å². The van der Waals surface area contributed by atoms with Crippen LogP contribution in [-0.4, -0.2) is 122 Å². The molecule has 108 heavy (non-hydrogen) atoms. The number of nitrogens with zero attached hydrogens (tertiary/aromatic N) is 2. The van der Waals surface area contributed by atoms with E-state index in [-0.39, 0.29) is 72.8 Å². The third-order valence-electron chi connectivity index (χ3n) is 22.5. The number of nitrogens with one attached hydrogen (secondary N) is 2. The Morgan fingerprint density at radius 3 is 0.694 bits per heavy atom. The molecule has 0 rings (SSSR count). The van der Waals surface area contributed by atoms with Crippen molar-refractivity contribution in [2.45, 2.75) is 516 Å². The highest BCUT2D eigenvalue weighted by Gasteiger charge is 2.20. The summed E-state index contributed by atoms with van der Waals surface area (Å²) < 4.78 is 23.4. The van der Waals surface area contributed by atoms with Crippen molar-refractivity contribution >= 4 is 35.7 Å². The lowest BCUT2D eigenvalue weighted by atomic mass is 10.0. The quantitative estimate of drug-likeness (QED) is 0.0336. The molecule has 0 saturated carbocycles. The Kier molecular flexibility index (Phi) is 80.7. The van der Waals surface area contributed by atoms with E-state index < -0.39 is 0 Å². The molecule has 0 spiro atoms. The lowest BCUT2D eigenvalue weighted by Gasteiger charge is -2.30. The zero-order valence-electron chi connectivity index (χ0n) is 73.0. The maximum atomic E-state index is 13.5. The summed E-state index contributed by atoms with van der Waals surface area (Å²) in [5.41, 5.74) is 0. The number of unbranched alkanes of at least 4 members (excludes halogenated alkanes) is 48. The number of esters is 4. The standard InChI is InChI=1S/C94H182N4O10/c1-9-15-21-27-33-51-65-81-105-91(101)71-57-43-35-47-61-77-97(79-63-49-37-45-59-73-93(103)107-87(67-53-39-29-23-17-11-3)68-54-40-30-24-18-12-4)85(7)83-95-89(99)75-76-90(100)96-84-86(8)98(78-62-48-36-44-58-72-92(102)106-82-66-52-34-28-22-16-10-2)80-64-50-38-46-60-74-94(104)108-88(69-55-41-31-25-19-13-5)70-56-42-32-26-20-14-6/h85-88H,9-84H2,1-8H3,(H,95,99)(H,96,100). The van der Waals surface area contributed by atoms with Crippen LogP contribution in [0.15, 0.2) is 0 Å². The summed E-state index contributed by atoms with van der Waals surface area (Å²) in [5, 5.41) is 6.38. The summed E-state index contributed by atoms with van der Waals surface area (Å²) in [5.74, 6) is -0.373. The van der Waals surface area contributed by atoms with E-state index >= 15 is 0 Å². The van der Waals surface area contributed by atoms with Crippen molar-refractivity contribution in [3.8, 4) is 0 Å². The molecule has 0 fully saturated rings. The van der Waals surface area contributed by atoms with Gasteiger partial charge in [0, 0.05) is 63.7 Å². The number of carbonyl (C=O) groups is 6. The number of ether oxygens (including phenoxy) is 4. The van der Waals surface area contributed by atoms with Crippen LogP contribution in [0.4, 0.5) is 0 Å². The molecule has 2 N–H and O–H groups in total. The lowest BCUT2D eigenvalue weighted by molar-refractivity contribution is -0.151. The van der Waals surface area contributed by atoms with Crippen LogP contribution in [0.1, 0.15) is 492 Å². The van der Waals surface area contributed by atoms with Gasteiger partial charge in [-0.3, -0.25) is 38.6 Å². The molecule has 2 unspecified atom stereocenters. The van der Waals surface area contributed by atoms with Crippen LogP contribution < -0.4 is 10.6 Å². The molecule has 14 heteroatoms. The topological polar surface area (TPSA) is 170 Å². The van der Waals surface area contributed by atoms with Gasteiger partial charge in [0.2, 0.25) is 11.8 Å². The minimum Gasteiger partial charge on any atom is -0.466 e. The van der Waals surface area contributed by atoms with E-state index in [0.717, 1.165) is 232 Å². The summed E-state index contributed by atoms with van der Waals surface area (Å²) in [7, 11) is 0. The van der Waals surface area contributed by atoms with Gasteiger partial charge in [0.1, 0.15) is 12.2 Å². The predicted octanol–water partition coefficient (Wildman–Crippen LogP) is 26.2. The van der Waals surface area contributed by atoms with Crippen molar-refractivity contribution in [3.63, 3.8) is 0 Å². The minimum atomic E-state index is -0.101. The van der Waals surface area contributed by atoms with Crippen LogP contribution in [0.3, 0.4) is 0 Å². The molecule has 2 amide bonds. The van der Waals surface area contributed by atoms with Gasteiger partial charge in [-0.25, -0.2) is 0 Å². The molecule has 0 aromatic carbocycles. The Balaban J connectivity index is 5.53. The summed E-state index contributed by atoms with van der Waals surface area (Å²) in [6.07, 6.45) is 73.7. The fraction of sp³-hybridized carbons (Fsp3) is 0.936. The average molecular weight is 1530 g/mol. The predicted molar refractivity (Wildman–Crippen MR) is 458 cm³/mol. The third kappa shape index (κ3) is 74.2. The Morgan fingerprint density at radius 1 is 0.241 bits per heavy atom. The Hall–Kier alpha value is -3.26. The monoisotopic (exact) mass is 1530 g/mol. The number of amides is 2. The van der Waals surface area contributed by atoms with Crippen LogP contribution in [-0.2, 0) is 47.7 Å². The zero-order chi connectivity index (χ0) is 78.9. The van der Waals surface area contributed by atoms with Crippen molar-refractivity contribution in [2.24, 2.45) is 0 Å². The van der Waals surface area contributed by atoms with Crippen LogP contribution >= 0.6 is 0 Å². The molecule has 0 aromatic rings. The number of carbonyl (C=O) groups excluding carboxylic acids is 6. The first-order valence-corrected chi connectivity index (χ1v) is 47.5. The van der Waals surface area contributed by atoms with E-state index in [1.165, 1.54) is 193 Å². The van der Waals surface area contributed by atoms with Gasteiger partial charge < -0.3 is 29.6 Å². The largest absolute Gasteiger partial charge is 0.466 e. The molecular formula is C94H182N4O10. The summed E-state index contributed by atoms with van der Waals surface area (Å²) in [6, 6.07) is 0.259. The van der Waals surface area contributed by atoms with Crippen molar-refractivity contribution in [2.75, 3.05) is 52.5 Å². The summed E-state index contributed by atoms with van der Waals surface area (Å²) in [6.45, 7) is 23.8. The minimum absolute atomic E-state index is 0.0202. The van der Waals surface area contributed by atoms with E-state index in [4.69, 9.17) is 18.9 Å². The van der Waals surface area contributed by atoms with Gasteiger partial charge in [-0.1, -0.05) is 324 Å². The SMILES string of the molecule is CCCCCCCCCOC(=O)CCCCCCCN(CCCCCCCC(=O)OC(CCCCCCCC)CCCCCCCC)C(C)CNC(=O)CCC(=O)NCC(C)N(CCCCCCCC(=O)OCCCCCCCCC)CCCCCCCC(=O)OC(CCCCCCCC)CCCCCCCC. The maximum Gasteiger partial charge on any atom is 0.306 e. The molecule has 2 atom stereocenters. The second kappa shape index (κ2) is 83.2. The molecule has 0 aromatic heterocycles. The van der Waals surface area contributed by atoms with Crippen molar-refractivity contribution in [3.05, 3.63) is 0 Å². The Labute approximate surface area is 669 Å². The normalized spacial score (nSPS) is 12.2. The Bertz CT molecular complexity index is 1810. The van der Waals surface area contributed by atoms with Crippen LogP contribution in [0.5, 0.6) is 0 Å². The highest BCUT2D eigenvalue weighted by atomic mass is 16.6. The van der Waals surface area contributed by atoms with E-state index in [9.17, 15) is 28.8 Å². The first-order chi connectivity index (χ1) is 52.8. The van der Waals surface area contributed by atoms with Gasteiger partial charge >= 0.3 is 23.9 Å². The Morgan fingerprint density at radius 2 is 0.444 bits per heavy atom. The summed E-state index contributed by atoms with van der Waals surface area (Å²) in [4.78, 5) is 83.2. The fourth-order valence-corrected chi connectivity index (χ4v) is 15.0. The lowest BCUT2D eigenvalue weighted by Crippen LogP contribution is -2.44. The molecule has 0 aliphatic heterocycles.